The molecule has 0 unspecified atom stereocenters. The van der Waals surface area contributed by atoms with Gasteiger partial charge in [-0.3, -0.25) is 4.57 Å². The molecule has 0 amide bonds. The van der Waals surface area contributed by atoms with Gasteiger partial charge >= 0.3 is 0 Å². The van der Waals surface area contributed by atoms with Gasteiger partial charge in [0.25, 0.3) is 0 Å². The molecule has 0 spiro atoms. The summed E-state index contributed by atoms with van der Waals surface area (Å²) in [4.78, 5) is 11.3. The fourth-order valence-electron chi connectivity index (χ4n) is 9.94. The Morgan fingerprint density at radius 1 is 0.433 bits per heavy atom. The highest BCUT2D eigenvalue weighted by atomic mass is 32.1. The molecule has 5 nitrogen and oxygen atoms in total. The topological polar surface area (TPSA) is 48.8 Å². The summed E-state index contributed by atoms with van der Waals surface area (Å²) in [7, 11) is 0. The van der Waals surface area contributed by atoms with Gasteiger partial charge in [-0.25, -0.2) is 9.97 Å². The lowest BCUT2D eigenvalue weighted by Crippen LogP contribution is -2.04. The second-order valence-electron chi connectivity index (χ2n) is 15.7. The molecule has 5 heterocycles. The van der Waals surface area contributed by atoms with Crippen molar-refractivity contribution in [1.82, 2.24) is 19.1 Å². The lowest BCUT2D eigenvalue weighted by molar-refractivity contribution is 0.669. The Bertz CT molecular complexity index is 4130. The molecule has 6 heteroatoms. The Morgan fingerprint density at radius 2 is 1.03 bits per heavy atom. The minimum Gasteiger partial charge on any atom is -0.456 e. The van der Waals surface area contributed by atoms with E-state index in [0.717, 1.165) is 81.9 Å². The highest BCUT2D eigenvalue weighted by molar-refractivity contribution is 7.26. The molecule has 0 fully saturated rings. The molecule has 0 aliphatic carbocycles. The molecule has 0 aliphatic heterocycles. The third-order valence-electron chi connectivity index (χ3n) is 12.5. The number of rotatable bonds is 3. The van der Waals surface area contributed by atoms with Crippen molar-refractivity contribution in [2.24, 2.45) is 0 Å². The van der Waals surface area contributed by atoms with Crippen LogP contribution in [0, 0.1) is 0 Å². The number of furan rings is 1. The lowest BCUT2D eigenvalue weighted by Gasteiger charge is -2.13. The standard InChI is InChI=1S/C54H30N4OS/c1-2-14-34(15-3-1)57-42-27-22-31-12-4-6-16-35(31)47(42)39-25-26-40-48-36-17-7-5-13-32(36)23-28-43(48)58(52(40)51(39)57)54-55-49(53-50(56-54)38-19-9-11-21-46(38)60-53)33-24-29-45-41(30-33)37-18-8-10-20-44(37)59-45/h1-30H. The van der Waals surface area contributed by atoms with E-state index in [1.54, 1.807) is 11.3 Å². The Balaban J connectivity index is 1.20. The van der Waals surface area contributed by atoms with Gasteiger partial charge in [0.05, 0.1) is 38.0 Å². The van der Waals surface area contributed by atoms with Gasteiger partial charge in [-0.15, -0.1) is 11.3 Å². The predicted molar refractivity (Wildman–Crippen MR) is 251 cm³/mol. The van der Waals surface area contributed by atoms with Crippen LogP contribution < -0.4 is 0 Å². The Hall–Kier alpha value is -7.80. The van der Waals surface area contributed by atoms with Crippen LogP contribution in [0.3, 0.4) is 0 Å². The Labute approximate surface area is 345 Å². The van der Waals surface area contributed by atoms with Gasteiger partial charge < -0.3 is 8.98 Å². The molecular weight excluding hydrogens is 753 g/mol. The molecule has 60 heavy (non-hydrogen) atoms. The van der Waals surface area contributed by atoms with Gasteiger partial charge in [0, 0.05) is 53.7 Å². The van der Waals surface area contributed by atoms with E-state index in [1.807, 2.05) is 12.1 Å². The Kier molecular flexibility index (Phi) is 6.38. The van der Waals surface area contributed by atoms with Crippen molar-refractivity contribution in [1.29, 1.82) is 0 Å². The summed E-state index contributed by atoms with van der Waals surface area (Å²) in [5.41, 5.74) is 10.1. The van der Waals surface area contributed by atoms with Crippen LogP contribution in [0.1, 0.15) is 0 Å². The van der Waals surface area contributed by atoms with Gasteiger partial charge in [-0.05, 0) is 76.1 Å². The van der Waals surface area contributed by atoms with Crippen molar-refractivity contribution in [3.63, 3.8) is 0 Å². The van der Waals surface area contributed by atoms with Crippen LogP contribution >= 0.6 is 11.3 Å². The van der Waals surface area contributed by atoms with E-state index < -0.39 is 0 Å². The summed E-state index contributed by atoms with van der Waals surface area (Å²) in [6.45, 7) is 0. The number of aromatic nitrogens is 4. The molecular formula is C54H30N4OS. The monoisotopic (exact) mass is 782 g/mol. The minimum absolute atomic E-state index is 0.635. The largest absolute Gasteiger partial charge is 0.456 e. The van der Waals surface area contributed by atoms with Gasteiger partial charge in [0.1, 0.15) is 11.2 Å². The average Bonchev–Trinajstić information content (AvgIpc) is 4.06. The summed E-state index contributed by atoms with van der Waals surface area (Å²) < 4.78 is 13.3. The SMILES string of the molecule is c1ccc(-n2c3ccc4ccccc4c3c3ccc4c5c6ccccc6ccc5n(-c5nc(-c6ccc7oc8ccccc8c7c6)c6sc7ccccc7c6n5)c4c32)cc1. The third kappa shape index (κ3) is 4.30. The van der Waals surface area contributed by atoms with Crippen LogP contribution in [-0.4, -0.2) is 19.1 Å². The van der Waals surface area contributed by atoms with Gasteiger partial charge in [-0.2, -0.15) is 0 Å². The van der Waals surface area contributed by atoms with Crippen LogP contribution in [0.5, 0.6) is 0 Å². The fraction of sp³-hybridized carbons (Fsp3) is 0. The number of para-hydroxylation sites is 2. The third-order valence-corrected chi connectivity index (χ3v) is 13.7. The van der Waals surface area contributed by atoms with Crippen molar-refractivity contribution in [3.05, 3.63) is 182 Å². The number of benzene rings is 9. The quantitative estimate of drug-likeness (QED) is 0.179. The molecule has 9 aromatic carbocycles. The van der Waals surface area contributed by atoms with Crippen LogP contribution in [0.2, 0.25) is 0 Å². The lowest BCUT2D eigenvalue weighted by atomic mass is 10.0. The summed E-state index contributed by atoms with van der Waals surface area (Å²) >= 11 is 1.75. The normalized spacial score (nSPS) is 12.3. The summed E-state index contributed by atoms with van der Waals surface area (Å²) in [5.74, 6) is 0.635. The minimum atomic E-state index is 0.635. The maximum absolute atomic E-state index is 6.30. The molecule has 14 rings (SSSR count). The molecule has 0 bridgehead atoms. The molecule has 5 aromatic heterocycles. The molecule has 0 radical (unpaired) electrons. The highest BCUT2D eigenvalue weighted by Crippen LogP contribution is 2.46. The van der Waals surface area contributed by atoms with E-state index in [1.165, 1.54) is 42.4 Å². The van der Waals surface area contributed by atoms with Crippen molar-refractivity contribution >= 4 is 119 Å². The number of hydrogen-bond acceptors (Lipinski definition) is 4. The smallest absolute Gasteiger partial charge is 0.235 e. The van der Waals surface area contributed by atoms with E-state index in [-0.39, 0.29) is 0 Å². The van der Waals surface area contributed by atoms with E-state index in [0.29, 0.717) is 5.95 Å². The van der Waals surface area contributed by atoms with E-state index in [4.69, 9.17) is 14.4 Å². The number of hydrogen-bond donors (Lipinski definition) is 0. The number of fused-ring (bicyclic) bond motifs is 17. The van der Waals surface area contributed by atoms with E-state index >= 15 is 0 Å². The molecule has 0 saturated carbocycles. The summed E-state index contributed by atoms with van der Waals surface area (Å²) in [6, 6.07) is 65.3. The first-order valence-corrected chi connectivity index (χ1v) is 21.1. The second kappa shape index (κ2) is 11.9. The van der Waals surface area contributed by atoms with Crippen molar-refractivity contribution in [3.8, 4) is 22.9 Å². The van der Waals surface area contributed by atoms with Gasteiger partial charge in [0.15, 0.2) is 0 Å². The van der Waals surface area contributed by atoms with Crippen LogP contribution in [0.4, 0.5) is 0 Å². The zero-order valence-corrected chi connectivity index (χ0v) is 32.7. The first-order chi connectivity index (χ1) is 29.8. The molecule has 0 saturated heterocycles. The maximum atomic E-state index is 6.30. The van der Waals surface area contributed by atoms with Crippen molar-refractivity contribution in [2.45, 2.75) is 0 Å². The zero-order valence-electron chi connectivity index (χ0n) is 31.9. The fourth-order valence-corrected chi connectivity index (χ4v) is 11.1. The summed E-state index contributed by atoms with van der Waals surface area (Å²) in [6.07, 6.45) is 0. The van der Waals surface area contributed by atoms with Crippen LogP contribution in [0.15, 0.2) is 186 Å². The van der Waals surface area contributed by atoms with Crippen LogP contribution in [0.25, 0.3) is 130 Å². The van der Waals surface area contributed by atoms with Crippen molar-refractivity contribution in [2.75, 3.05) is 0 Å². The molecule has 278 valence electrons. The predicted octanol–water partition coefficient (Wildman–Crippen LogP) is 14.9. The van der Waals surface area contributed by atoms with Gasteiger partial charge in [-0.1, -0.05) is 127 Å². The summed E-state index contributed by atoms with van der Waals surface area (Å²) in [5, 5.41) is 12.9. The first kappa shape index (κ1) is 32.2. The maximum Gasteiger partial charge on any atom is 0.235 e. The molecule has 14 aromatic rings. The Morgan fingerprint density at radius 3 is 1.78 bits per heavy atom. The molecule has 0 aliphatic rings. The number of nitrogens with zero attached hydrogens (tertiary/aromatic N) is 4. The van der Waals surface area contributed by atoms with Crippen molar-refractivity contribution < 1.29 is 4.42 Å². The molecule has 0 N–H and O–H groups in total. The highest BCUT2D eigenvalue weighted by Gasteiger charge is 2.26. The first-order valence-electron chi connectivity index (χ1n) is 20.2. The zero-order chi connectivity index (χ0) is 39.1. The van der Waals surface area contributed by atoms with Crippen LogP contribution in [-0.2, 0) is 0 Å². The van der Waals surface area contributed by atoms with E-state index in [9.17, 15) is 0 Å². The number of thiophene rings is 1. The van der Waals surface area contributed by atoms with Gasteiger partial charge in [0.2, 0.25) is 5.95 Å². The average molecular weight is 783 g/mol. The van der Waals surface area contributed by atoms with E-state index in [2.05, 4.69) is 179 Å². The molecule has 0 atom stereocenters. The second-order valence-corrected chi connectivity index (χ2v) is 16.7.